The van der Waals surface area contributed by atoms with Crippen molar-refractivity contribution in [1.82, 2.24) is 0 Å². The molecule has 0 fully saturated rings. The van der Waals surface area contributed by atoms with Gasteiger partial charge in [-0.2, -0.15) is 0 Å². The van der Waals surface area contributed by atoms with E-state index in [0.717, 1.165) is 0 Å². The molecule has 0 amide bonds. The van der Waals surface area contributed by atoms with Gasteiger partial charge in [-0.3, -0.25) is 0 Å². The maximum absolute atomic E-state index is 9.88. The Morgan fingerprint density at radius 2 is 0.786 bits per heavy atom. The van der Waals surface area contributed by atoms with Crippen LogP contribution >= 0.6 is 0 Å². The van der Waals surface area contributed by atoms with Crippen molar-refractivity contribution >= 4 is 0 Å². The van der Waals surface area contributed by atoms with Crippen LogP contribution in [0.2, 0.25) is 0 Å². The van der Waals surface area contributed by atoms with E-state index in [1.165, 1.54) is 0 Å². The minimum absolute atomic E-state index is 0. The van der Waals surface area contributed by atoms with E-state index in [9.17, 15) is 40.5 Å². The van der Waals surface area contributed by atoms with Crippen LogP contribution in [0.25, 0.3) is 0 Å². The number of hydrogen-bond donors (Lipinski definition) is 0. The molecule has 0 atom stereocenters. The quantitative estimate of drug-likeness (QED) is 0.284. The molecular formula is CoKN4O8. The molecule has 14 heavy (non-hydrogen) atoms. The molecule has 78 valence electrons. The normalized spacial score (nSPS) is 10.9. The summed E-state index contributed by atoms with van der Waals surface area (Å²) in [6.07, 6.45) is 0. The van der Waals surface area contributed by atoms with Gasteiger partial charge in [-0.15, -0.1) is 0 Å². The summed E-state index contributed by atoms with van der Waals surface area (Å²) < 4.78 is -8.31. The first kappa shape index (κ1) is 16.2. The maximum Gasteiger partial charge on any atom is 1.00 e. The van der Waals surface area contributed by atoms with Crippen molar-refractivity contribution in [3.63, 3.8) is 0 Å². The maximum atomic E-state index is 9.88. The summed E-state index contributed by atoms with van der Waals surface area (Å²) in [5, 5.41) is 39.5. The molecule has 0 heterocycles. The standard InChI is InChI=1S/Co.K.4NO2/c;;4*2-1-3/q-1;+1;;;;. The van der Waals surface area contributed by atoms with Gasteiger partial charge in [0.2, 0.25) is 0 Å². The van der Waals surface area contributed by atoms with Crippen molar-refractivity contribution in [2.75, 3.05) is 0 Å². The molecule has 0 aliphatic rings. The van der Waals surface area contributed by atoms with E-state index in [0.29, 0.717) is 0 Å². The minimum atomic E-state index is -5.88. The summed E-state index contributed by atoms with van der Waals surface area (Å²) in [5.74, 6) is 0. The Labute approximate surface area is 120 Å². The second-order valence-corrected chi connectivity index (χ2v) is 3.95. The molecule has 0 saturated carbocycles. The molecule has 0 saturated heterocycles. The van der Waals surface area contributed by atoms with Crippen LogP contribution in [0, 0.1) is 40.5 Å². The van der Waals surface area contributed by atoms with Crippen LogP contribution < -0.4 is 51.4 Å². The summed E-state index contributed by atoms with van der Waals surface area (Å²) in [6.45, 7) is 0. The fourth-order valence-electron chi connectivity index (χ4n) is 0.267. The summed E-state index contributed by atoms with van der Waals surface area (Å²) in [6, 6.07) is 0. The van der Waals surface area contributed by atoms with E-state index in [1.54, 1.807) is 0 Å². The van der Waals surface area contributed by atoms with Crippen molar-refractivity contribution in [2.24, 2.45) is 0 Å². The zero-order chi connectivity index (χ0) is 10.8. The summed E-state index contributed by atoms with van der Waals surface area (Å²) in [5.41, 5.74) is 0. The predicted molar refractivity (Wildman–Crippen MR) is 28.0 cm³/mol. The second kappa shape index (κ2) is 5.58. The Balaban J connectivity index is 0. The SMILES string of the molecule is O=[N+]([O-])[Co-]([N+](=O)[O-])([N+](=O)[O-])[N+](=O)[O-].[K+]. The summed E-state index contributed by atoms with van der Waals surface area (Å²) >= 11 is -5.88. The van der Waals surface area contributed by atoms with Gasteiger partial charge < -0.3 is 0 Å². The Morgan fingerprint density at radius 3 is 0.786 bits per heavy atom. The fraction of sp³-hybridized carbons (Fsp3) is 0. The minimum Gasteiger partial charge on any atom is 1.00 e. The van der Waals surface area contributed by atoms with Crippen LogP contribution in [-0.2, 0) is 13.5 Å². The van der Waals surface area contributed by atoms with Gasteiger partial charge in [0.05, 0.1) is 0 Å². The molecule has 0 radical (unpaired) electrons. The van der Waals surface area contributed by atoms with E-state index >= 15 is 0 Å². The molecule has 0 spiro atoms. The van der Waals surface area contributed by atoms with Gasteiger partial charge in [0, 0.05) is 0 Å². The van der Waals surface area contributed by atoms with Gasteiger partial charge in [-0.1, -0.05) is 0 Å². The van der Waals surface area contributed by atoms with Gasteiger partial charge in [0.15, 0.2) is 0 Å². The van der Waals surface area contributed by atoms with E-state index < -0.39 is 29.4 Å². The van der Waals surface area contributed by atoms with Crippen LogP contribution in [0.4, 0.5) is 0 Å². The smallest absolute Gasteiger partial charge is 1.00 e. The van der Waals surface area contributed by atoms with Crippen molar-refractivity contribution in [3.8, 4) is 0 Å². The number of rotatable bonds is 4. The van der Waals surface area contributed by atoms with Crippen LogP contribution in [0.3, 0.4) is 0 Å². The number of nitro groups is 4. The van der Waals surface area contributed by atoms with E-state index in [-0.39, 0.29) is 51.4 Å². The first-order chi connectivity index (χ1) is 5.77. The van der Waals surface area contributed by atoms with Gasteiger partial charge in [-0.25, -0.2) is 0 Å². The molecule has 0 unspecified atom stereocenters. The monoisotopic (exact) mass is 282 g/mol. The molecule has 0 aliphatic heterocycles. The molecule has 12 nitrogen and oxygen atoms in total. The van der Waals surface area contributed by atoms with E-state index in [1.807, 2.05) is 0 Å². The Bertz CT molecular complexity index is 236. The van der Waals surface area contributed by atoms with Gasteiger partial charge in [-0.05, 0) is 0 Å². The third-order valence-corrected chi connectivity index (χ3v) is 2.69. The first-order valence-corrected chi connectivity index (χ1v) is 3.92. The third kappa shape index (κ3) is 2.40. The second-order valence-electron chi connectivity index (χ2n) is 1.19. The topological polar surface area (TPSA) is 173 Å². The molecule has 0 aromatic carbocycles. The van der Waals surface area contributed by atoms with Gasteiger partial charge >= 0.3 is 121 Å². The predicted octanol–water partition coefficient (Wildman–Crippen LogP) is -4.09. The van der Waals surface area contributed by atoms with Gasteiger partial charge in [0.1, 0.15) is 0 Å². The van der Waals surface area contributed by atoms with E-state index in [4.69, 9.17) is 0 Å². The van der Waals surface area contributed by atoms with Crippen molar-refractivity contribution in [1.29, 1.82) is 0 Å². The molecule has 0 N–H and O–H groups in total. The largest absolute Gasteiger partial charge is 1.00 e. The average Bonchev–Trinajstić information content (AvgIpc) is 1.82. The molecule has 14 heteroatoms. The van der Waals surface area contributed by atoms with E-state index in [2.05, 4.69) is 0 Å². The van der Waals surface area contributed by atoms with Crippen LogP contribution in [0.1, 0.15) is 0 Å². The van der Waals surface area contributed by atoms with Crippen LogP contribution in [0.15, 0.2) is 0 Å². The molecule has 0 aromatic rings. The van der Waals surface area contributed by atoms with Crippen LogP contribution in [0.5, 0.6) is 0 Å². The van der Waals surface area contributed by atoms with Gasteiger partial charge in [0.25, 0.3) is 0 Å². The Hall–Kier alpha value is -0.257. The van der Waals surface area contributed by atoms with Crippen molar-refractivity contribution in [3.05, 3.63) is 40.5 Å². The summed E-state index contributed by atoms with van der Waals surface area (Å²) in [7, 11) is 0. The molecule has 0 aromatic heterocycles. The van der Waals surface area contributed by atoms with Crippen molar-refractivity contribution in [2.45, 2.75) is 0 Å². The Kier molecular flexibility index (Phi) is 6.45. The number of nitrogens with zero attached hydrogens (tertiary/aromatic N) is 4. The number of hydrogen-bond acceptors (Lipinski definition) is 8. The fourth-order valence-corrected chi connectivity index (χ4v) is 1.10. The molecule has 0 aliphatic carbocycles. The molecule has 0 rings (SSSR count). The van der Waals surface area contributed by atoms with Crippen molar-refractivity contribution < 1.29 is 80.7 Å². The third-order valence-electron chi connectivity index (χ3n) is 0.653. The summed E-state index contributed by atoms with van der Waals surface area (Å²) in [4.78, 5) is 39.5. The molecule has 0 bridgehead atoms. The zero-order valence-electron chi connectivity index (χ0n) is 6.39. The average molecular weight is 282 g/mol. The Morgan fingerprint density at radius 1 is 0.643 bits per heavy atom. The first-order valence-electron chi connectivity index (χ1n) is 2.06. The van der Waals surface area contributed by atoms with Crippen LogP contribution in [-0.4, -0.2) is 15.9 Å². The zero-order valence-corrected chi connectivity index (χ0v) is 10.6. The molecular weight excluding hydrogens is 282 g/mol.